The Bertz CT molecular complexity index is 1020. The van der Waals surface area contributed by atoms with Crippen LogP contribution in [0.25, 0.3) is 0 Å². The highest BCUT2D eigenvalue weighted by Crippen LogP contribution is 2.26. The molecule has 0 aliphatic carbocycles. The van der Waals surface area contributed by atoms with Gasteiger partial charge >= 0.3 is 0 Å². The van der Waals surface area contributed by atoms with Gasteiger partial charge in [0.2, 0.25) is 0 Å². The second-order valence-corrected chi connectivity index (χ2v) is 7.81. The summed E-state index contributed by atoms with van der Waals surface area (Å²) in [5.41, 5.74) is 2.90. The van der Waals surface area contributed by atoms with Crippen molar-refractivity contribution in [2.75, 3.05) is 26.0 Å². The highest BCUT2D eigenvalue weighted by molar-refractivity contribution is 9.10. The predicted octanol–water partition coefficient (Wildman–Crippen LogP) is 5.02. The minimum absolute atomic E-state index is 0.0836. The van der Waals surface area contributed by atoms with Crippen LogP contribution in [-0.4, -0.2) is 37.4 Å². The van der Waals surface area contributed by atoms with Crippen molar-refractivity contribution >= 4 is 33.4 Å². The number of nitrogens with zero attached hydrogens (tertiary/aromatic N) is 1. The fourth-order valence-electron chi connectivity index (χ4n) is 2.84. The van der Waals surface area contributed by atoms with Crippen molar-refractivity contribution < 1.29 is 14.3 Å². The van der Waals surface area contributed by atoms with Gasteiger partial charge in [0, 0.05) is 37.3 Å². The third-order valence-electron chi connectivity index (χ3n) is 4.48. The standard InChI is InChI=1S/C24H23BrN2O3/c1-27(2)24(29)18-8-11-20(12-9-18)26-23(28)19-10-13-22(21(25)16-19)30-15-14-17-6-4-3-5-7-17/h3-13,16H,14-15H2,1-2H3,(H,26,28). The summed E-state index contributed by atoms with van der Waals surface area (Å²) in [4.78, 5) is 26.0. The van der Waals surface area contributed by atoms with Gasteiger partial charge in [-0.2, -0.15) is 0 Å². The SMILES string of the molecule is CN(C)C(=O)c1ccc(NC(=O)c2ccc(OCCc3ccccc3)c(Br)c2)cc1. The number of rotatable bonds is 7. The first-order chi connectivity index (χ1) is 14.4. The first-order valence-electron chi connectivity index (χ1n) is 9.53. The van der Waals surface area contributed by atoms with Gasteiger partial charge in [-0.25, -0.2) is 0 Å². The second kappa shape index (κ2) is 10.1. The topological polar surface area (TPSA) is 58.6 Å². The minimum atomic E-state index is -0.238. The van der Waals surface area contributed by atoms with Crippen LogP contribution in [0.1, 0.15) is 26.3 Å². The fourth-order valence-corrected chi connectivity index (χ4v) is 3.33. The van der Waals surface area contributed by atoms with E-state index in [9.17, 15) is 9.59 Å². The smallest absolute Gasteiger partial charge is 0.255 e. The molecule has 3 aromatic carbocycles. The molecule has 0 fully saturated rings. The van der Waals surface area contributed by atoms with Crippen LogP contribution in [0.15, 0.2) is 77.3 Å². The van der Waals surface area contributed by atoms with Crippen LogP contribution in [0.5, 0.6) is 5.75 Å². The first kappa shape index (κ1) is 21.6. The van der Waals surface area contributed by atoms with Crippen molar-refractivity contribution in [2.24, 2.45) is 0 Å². The van der Waals surface area contributed by atoms with E-state index >= 15 is 0 Å². The molecule has 5 nitrogen and oxygen atoms in total. The average molecular weight is 467 g/mol. The summed E-state index contributed by atoms with van der Waals surface area (Å²) >= 11 is 3.48. The molecule has 2 amide bonds. The van der Waals surface area contributed by atoms with Crippen LogP contribution in [-0.2, 0) is 6.42 Å². The van der Waals surface area contributed by atoms with Gasteiger partial charge in [0.1, 0.15) is 5.75 Å². The average Bonchev–Trinajstić information content (AvgIpc) is 2.75. The maximum absolute atomic E-state index is 12.6. The number of benzene rings is 3. The number of nitrogens with one attached hydrogen (secondary N) is 1. The monoisotopic (exact) mass is 466 g/mol. The van der Waals surface area contributed by atoms with Crippen LogP contribution in [0, 0.1) is 0 Å². The molecule has 0 radical (unpaired) electrons. The number of carbonyl (C=O) groups excluding carboxylic acids is 2. The third-order valence-corrected chi connectivity index (χ3v) is 5.10. The Labute approximate surface area is 184 Å². The van der Waals surface area contributed by atoms with Crippen LogP contribution in [0.3, 0.4) is 0 Å². The predicted molar refractivity (Wildman–Crippen MR) is 122 cm³/mol. The molecule has 30 heavy (non-hydrogen) atoms. The molecule has 0 aromatic heterocycles. The van der Waals surface area contributed by atoms with Gasteiger partial charge < -0.3 is 15.0 Å². The van der Waals surface area contributed by atoms with Gasteiger partial charge in [0.05, 0.1) is 11.1 Å². The Kier molecular flexibility index (Phi) is 7.25. The third kappa shape index (κ3) is 5.70. The largest absolute Gasteiger partial charge is 0.492 e. The van der Waals surface area contributed by atoms with E-state index in [1.54, 1.807) is 56.6 Å². The van der Waals surface area contributed by atoms with Gasteiger partial charge in [-0.3, -0.25) is 9.59 Å². The Morgan fingerprint density at radius 2 is 1.60 bits per heavy atom. The molecule has 0 heterocycles. The Morgan fingerprint density at radius 1 is 0.933 bits per heavy atom. The maximum atomic E-state index is 12.6. The van der Waals surface area contributed by atoms with Crippen LogP contribution < -0.4 is 10.1 Å². The van der Waals surface area contributed by atoms with Crippen LogP contribution in [0.4, 0.5) is 5.69 Å². The normalized spacial score (nSPS) is 10.4. The Hall–Kier alpha value is -3.12. The van der Waals surface area contributed by atoms with E-state index in [0.29, 0.717) is 29.2 Å². The summed E-state index contributed by atoms with van der Waals surface area (Å²) in [5, 5.41) is 2.84. The number of halogens is 1. The highest BCUT2D eigenvalue weighted by atomic mass is 79.9. The zero-order valence-corrected chi connectivity index (χ0v) is 18.5. The lowest BCUT2D eigenvalue weighted by Crippen LogP contribution is -2.21. The van der Waals surface area contributed by atoms with Gasteiger partial charge in [-0.05, 0) is 64.0 Å². The van der Waals surface area contributed by atoms with Crippen molar-refractivity contribution in [3.05, 3.63) is 94.0 Å². The van der Waals surface area contributed by atoms with Gasteiger partial charge in [-0.15, -0.1) is 0 Å². The number of amides is 2. The van der Waals surface area contributed by atoms with E-state index in [-0.39, 0.29) is 11.8 Å². The molecule has 0 saturated carbocycles. The zero-order chi connectivity index (χ0) is 21.5. The molecular formula is C24H23BrN2O3. The minimum Gasteiger partial charge on any atom is -0.492 e. The molecule has 0 atom stereocenters. The zero-order valence-electron chi connectivity index (χ0n) is 16.9. The van der Waals surface area contributed by atoms with Crippen molar-refractivity contribution in [2.45, 2.75) is 6.42 Å². The number of carbonyl (C=O) groups is 2. The van der Waals surface area contributed by atoms with Crippen LogP contribution >= 0.6 is 15.9 Å². The molecule has 0 spiro atoms. The fraction of sp³-hybridized carbons (Fsp3) is 0.167. The maximum Gasteiger partial charge on any atom is 0.255 e. The summed E-state index contributed by atoms with van der Waals surface area (Å²) < 4.78 is 6.55. The van der Waals surface area contributed by atoms with E-state index in [0.717, 1.165) is 10.9 Å². The molecule has 0 aliphatic rings. The number of anilines is 1. The summed E-state index contributed by atoms with van der Waals surface area (Å²) in [6, 6.07) is 22.2. The molecule has 3 aromatic rings. The molecule has 0 aliphatic heterocycles. The van der Waals surface area contributed by atoms with E-state index in [2.05, 4.69) is 33.4 Å². The first-order valence-corrected chi connectivity index (χ1v) is 10.3. The van der Waals surface area contributed by atoms with Crippen molar-refractivity contribution in [1.29, 1.82) is 0 Å². The number of ether oxygens (including phenoxy) is 1. The lowest BCUT2D eigenvalue weighted by molar-refractivity contribution is 0.0827. The van der Waals surface area contributed by atoms with Crippen molar-refractivity contribution in [3.8, 4) is 5.75 Å². The number of hydrogen-bond acceptors (Lipinski definition) is 3. The molecule has 0 bridgehead atoms. The Balaban J connectivity index is 1.58. The lowest BCUT2D eigenvalue weighted by Gasteiger charge is -2.12. The van der Waals surface area contributed by atoms with E-state index in [4.69, 9.17) is 4.74 Å². The summed E-state index contributed by atoms with van der Waals surface area (Å²) in [5.74, 6) is 0.368. The lowest BCUT2D eigenvalue weighted by atomic mass is 10.1. The molecular weight excluding hydrogens is 444 g/mol. The molecule has 0 unspecified atom stereocenters. The van der Waals surface area contributed by atoms with Gasteiger partial charge in [-0.1, -0.05) is 30.3 Å². The Morgan fingerprint density at radius 3 is 2.23 bits per heavy atom. The summed E-state index contributed by atoms with van der Waals surface area (Å²) in [6.45, 7) is 0.548. The van der Waals surface area contributed by atoms with Crippen molar-refractivity contribution in [1.82, 2.24) is 4.90 Å². The molecule has 3 rings (SSSR count). The van der Waals surface area contributed by atoms with E-state index in [1.807, 2.05) is 18.2 Å². The molecule has 1 N–H and O–H groups in total. The molecule has 0 saturated heterocycles. The van der Waals surface area contributed by atoms with E-state index in [1.165, 1.54) is 10.5 Å². The summed E-state index contributed by atoms with van der Waals surface area (Å²) in [6.07, 6.45) is 0.807. The van der Waals surface area contributed by atoms with Crippen LogP contribution in [0.2, 0.25) is 0 Å². The number of hydrogen-bond donors (Lipinski definition) is 1. The van der Waals surface area contributed by atoms with E-state index < -0.39 is 0 Å². The quantitative estimate of drug-likeness (QED) is 0.531. The van der Waals surface area contributed by atoms with Gasteiger partial charge in [0.15, 0.2) is 0 Å². The molecule has 154 valence electrons. The van der Waals surface area contributed by atoms with Gasteiger partial charge in [0.25, 0.3) is 11.8 Å². The summed E-state index contributed by atoms with van der Waals surface area (Å²) in [7, 11) is 3.40. The van der Waals surface area contributed by atoms with Crippen molar-refractivity contribution in [3.63, 3.8) is 0 Å². The highest BCUT2D eigenvalue weighted by Gasteiger charge is 2.11. The molecule has 6 heteroatoms. The second-order valence-electron chi connectivity index (χ2n) is 6.96.